The lowest BCUT2D eigenvalue weighted by Gasteiger charge is -2.15. The molecule has 8 heteroatoms. The molecule has 0 aliphatic carbocycles. The maximum Gasteiger partial charge on any atom is 0.264 e. The molecule has 0 aliphatic rings. The molecule has 0 spiro atoms. The molecule has 0 aliphatic heterocycles. The Kier molecular flexibility index (Phi) is 5.84. The number of nitrogens with one attached hydrogen (secondary N) is 1. The molecule has 1 amide bonds. The number of hydrogen-bond acceptors (Lipinski definition) is 6. The zero-order valence-electron chi connectivity index (χ0n) is 16.2. The molecule has 150 valence electrons. The van der Waals surface area contributed by atoms with Crippen molar-refractivity contribution in [2.45, 2.75) is 6.92 Å². The summed E-state index contributed by atoms with van der Waals surface area (Å²) >= 11 is 0. The smallest absolute Gasteiger partial charge is 0.264 e. The molecule has 0 atom stereocenters. The van der Waals surface area contributed by atoms with Gasteiger partial charge < -0.3 is 9.47 Å². The molecule has 2 aromatic carbocycles. The molecule has 0 unspecified atom stereocenters. The lowest BCUT2D eigenvalue weighted by molar-refractivity contribution is 0.0981. The number of pyridine rings is 1. The number of nitrogens with zero attached hydrogens (tertiary/aromatic N) is 1. The molecule has 3 rings (SSSR count). The SMILES string of the molecule is COc1ncccc1-c1cc(C(=O)NS(C)(=O)=O)ccc1Oc1ccc(C)cc1. The van der Waals surface area contributed by atoms with Gasteiger partial charge in [0.2, 0.25) is 15.9 Å². The van der Waals surface area contributed by atoms with E-state index in [-0.39, 0.29) is 5.56 Å². The predicted molar refractivity (Wildman–Crippen MR) is 110 cm³/mol. The number of amides is 1. The van der Waals surface area contributed by atoms with Gasteiger partial charge in [-0.05, 0) is 49.4 Å². The van der Waals surface area contributed by atoms with Crippen LogP contribution >= 0.6 is 0 Å². The fraction of sp³-hybridized carbons (Fsp3) is 0.143. The van der Waals surface area contributed by atoms with Crippen molar-refractivity contribution in [3.63, 3.8) is 0 Å². The summed E-state index contributed by atoms with van der Waals surface area (Å²) in [5, 5.41) is 0. The first kappa shape index (κ1) is 20.3. The van der Waals surface area contributed by atoms with Crippen LogP contribution in [0.1, 0.15) is 15.9 Å². The number of methoxy groups -OCH3 is 1. The average Bonchev–Trinajstić information content (AvgIpc) is 2.68. The molecule has 3 aromatic rings. The van der Waals surface area contributed by atoms with E-state index in [1.165, 1.54) is 13.2 Å². The van der Waals surface area contributed by atoms with Gasteiger partial charge in [0.15, 0.2) is 0 Å². The number of ether oxygens (including phenoxy) is 2. The van der Waals surface area contributed by atoms with Crippen molar-refractivity contribution in [1.82, 2.24) is 9.71 Å². The predicted octanol–water partition coefficient (Wildman–Crippen LogP) is 3.55. The molecular formula is C21H20N2O5S. The maximum absolute atomic E-state index is 12.3. The fourth-order valence-electron chi connectivity index (χ4n) is 2.69. The van der Waals surface area contributed by atoms with Gasteiger partial charge in [0, 0.05) is 22.9 Å². The third kappa shape index (κ3) is 5.11. The highest BCUT2D eigenvalue weighted by Gasteiger charge is 2.18. The quantitative estimate of drug-likeness (QED) is 0.665. The second-order valence-corrected chi connectivity index (χ2v) is 8.14. The van der Waals surface area contributed by atoms with E-state index in [1.807, 2.05) is 35.9 Å². The lowest BCUT2D eigenvalue weighted by Crippen LogP contribution is -2.29. The third-order valence-electron chi connectivity index (χ3n) is 4.02. The summed E-state index contributed by atoms with van der Waals surface area (Å²) in [7, 11) is -2.20. The van der Waals surface area contributed by atoms with Gasteiger partial charge in [-0.2, -0.15) is 0 Å². The number of hydrogen-bond donors (Lipinski definition) is 1. The van der Waals surface area contributed by atoms with E-state index < -0.39 is 15.9 Å². The van der Waals surface area contributed by atoms with Crippen LogP contribution in [0, 0.1) is 6.92 Å². The summed E-state index contributed by atoms with van der Waals surface area (Å²) in [4.78, 5) is 16.5. The van der Waals surface area contributed by atoms with Gasteiger partial charge in [0.05, 0.1) is 13.4 Å². The van der Waals surface area contributed by atoms with Crippen molar-refractivity contribution in [3.05, 3.63) is 71.9 Å². The van der Waals surface area contributed by atoms with Crippen LogP contribution < -0.4 is 14.2 Å². The van der Waals surface area contributed by atoms with E-state index in [4.69, 9.17) is 9.47 Å². The maximum atomic E-state index is 12.3. The number of sulfonamides is 1. The Morgan fingerprint density at radius 3 is 2.41 bits per heavy atom. The summed E-state index contributed by atoms with van der Waals surface area (Å²) in [6.45, 7) is 1.98. The summed E-state index contributed by atoms with van der Waals surface area (Å²) in [5.41, 5.74) is 2.40. The Bertz CT molecular complexity index is 1140. The van der Waals surface area contributed by atoms with Gasteiger partial charge in [0.25, 0.3) is 5.91 Å². The van der Waals surface area contributed by atoms with Crippen molar-refractivity contribution in [2.24, 2.45) is 0 Å². The van der Waals surface area contributed by atoms with Crippen LogP contribution in [-0.4, -0.2) is 32.7 Å². The molecule has 1 aromatic heterocycles. The molecule has 7 nitrogen and oxygen atoms in total. The van der Waals surface area contributed by atoms with Crippen molar-refractivity contribution in [2.75, 3.05) is 13.4 Å². The minimum absolute atomic E-state index is 0.160. The summed E-state index contributed by atoms with van der Waals surface area (Å²) < 4.78 is 36.2. The van der Waals surface area contributed by atoms with E-state index in [0.29, 0.717) is 28.5 Å². The molecule has 0 radical (unpaired) electrons. The van der Waals surface area contributed by atoms with Gasteiger partial charge in [0.1, 0.15) is 11.5 Å². The first-order chi connectivity index (χ1) is 13.8. The molecule has 0 saturated carbocycles. The first-order valence-electron chi connectivity index (χ1n) is 8.67. The molecule has 0 bridgehead atoms. The molecule has 1 heterocycles. The molecule has 29 heavy (non-hydrogen) atoms. The first-order valence-corrected chi connectivity index (χ1v) is 10.6. The molecule has 1 N–H and O–H groups in total. The number of rotatable bonds is 6. The minimum Gasteiger partial charge on any atom is -0.481 e. The van der Waals surface area contributed by atoms with Crippen molar-refractivity contribution in [1.29, 1.82) is 0 Å². The number of aryl methyl sites for hydroxylation is 1. The van der Waals surface area contributed by atoms with Gasteiger partial charge in [-0.25, -0.2) is 18.1 Å². The standard InChI is InChI=1S/C21H20N2O5S/c1-14-6-9-16(10-7-14)28-19-11-8-15(20(24)23-29(3,25)26)13-18(19)17-5-4-12-22-21(17)27-2/h4-13H,1-3H3,(H,23,24). The monoisotopic (exact) mass is 412 g/mol. The number of carbonyl (C=O) groups is 1. The van der Waals surface area contributed by atoms with Crippen LogP contribution in [0.25, 0.3) is 11.1 Å². The third-order valence-corrected chi connectivity index (χ3v) is 4.58. The Morgan fingerprint density at radius 2 is 1.76 bits per heavy atom. The number of aromatic nitrogens is 1. The second kappa shape index (κ2) is 8.32. The van der Waals surface area contributed by atoms with Crippen molar-refractivity contribution >= 4 is 15.9 Å². The normalized spacial score (nSPS) is 11.0. The van der Waals surface area contributed by atoms with E-state index >= 15 is 0 Å². The Labute approximate surface area is 169 Å². The van der Waals surface area contributed by atoms with Crippen LogP contribution in [0.2, 0.25) is 0 Å². The summed E-state index contributed by atoms with van der Waals surface area (Å²) in [6.07, 6.45) is 2.51. The Hall–Kier alpha value is -3.39. The van der Waals surface area contributed by atoms with Crippen LogP contribution in [-0.2, 0) is 10.0 Å². The van der Waals surface area contributed by atoms with Gasteiger partial charge in [-0.3, -0.25) is 4.79 Å². The van der Waals surface area contributed by atoms with Crippen LogP contribution in [0.3, 0.4) is 0 Å². The van der Waals surface area contributed by atoms with Gasteiger partial charge >= 0.3 is 0 Å². The number of benzene rings is 2. The highest BCUT2D eigenvalue weighted by molar-refractivity contribution is 7.89. The summed E-state index contributed by atoms with van der Waals surface area (Å²) in [6, 6.07) is 15.7. The van der Waals surface area contributed by atoms with E-state index in [2.05, 4.69) is 4.98 Å². The molecule has 0 fully saturated rings. The lowest BCUT2D eigenvalue weighted by atomic mass is 10.0. The average molecular weight is 412 g/mol. The van der Waals surface area contributed by atoms with Crippen molar-refractivity contribution < 1.29 is 22.7 Å². The van der Waals surface area contributed by atoms with Crippen LogP contribution in [0.4, 0.5) is 0 Å². The van der Waals surface area contributed by atoms with E-state index in [1.54, 1.807) is 30.5 Å². The summed E-state index contributed by atoms with van der Waals surface area (Å²) in [5.74, 6) is 0.699. The Balaban J connectivity index is 2.10. The molecular weight excluding hydrogens is 392 g/mol. The molecule has 0 saturated heterocycles. The van der Waals surface area contributed by atoms with Crippen LogP contribution in [0.5, 0.6) is 17.4 Å². The highest BCUT2D eigenvalue weighted by atomic mass is 32.2. The highest BCUT2D eigenvalue weighted by Crippen LogP contribution is 2.38. The zero-order valence-corrected chi connectivity index (χ0v) is 17.0. The zero-order chi connectivity index (χ0) is 21.0. The van der Waals surface area contributed by atoms with Gasteiger partial charge in [-0.1, -0.05) is 17.7 Å². The van der Waals surface area contributed by atoms with E-state index in [0.717, 1.165) is 11.8 Å². The van der Waals surface area contributed by atoms with E-state index in [9.17, 15) is 13.2 Å². The van der Waals surface area contributed by atoms with Crippen LogP contribution in [0.15, 0.2) is 60.8 Å². The largest absolute Gasteiger partial charge is 0.481 e. The Morgan fingerprint density at radius 1 is 1.03 bits per heavy atom. The fourth-order valence-corrected chi connectivity index (χ4v) is 3.14. The topological polar surface area (TPSA) is 94.6 Å². The van der Waals surface area contributed by atoms with Crippen molar-refractivity contribution in [3.8, 4) is 28.5 Å². The van der Waals surface area contributed by atoms with Gasteiger partial charge in [-0.15, -0.1) is 0 Å². The minimum atomic E-state index is -3.69. The second-order valence-electron chi connectivity index (χ2n) is 6.39. The number of carbonyl (C=O) groups excluding carboxylic acids is 1.